The van der Waals surface area contributed by atoms with E-state index in [1.165, 1.54) is 0 Å². The predicted octanol–water partition coefficient (Wildman–Crippen LogP) is 2.95. The highest BCUT2D eigenvalue weighted by Crippen LogP contribution is 2.39. The summed E-state index contributed by atoms with van der Waals surface area (Å²) < 4.78 is 7.10. The average Bonchev–Trinajstić information content (AvgIpc) is 2.63. The van der Waals surface area contributed by atoms with Crippen molar-refractivity contribution in [2.24, 2.45) is 7.05 Å². The van der Waals surface area contributed by atoms with Gasteiger partial charge in [0.05, 0.1) is 12.8 Å². The number of hydrogen-bond donors (Lipinski definition) is 1. The van der Waals surface area contributed by atoms with Gasteiger partial charge in [0, 0.05) is 29.3 Å². The molecule has 2 N–H and O–H groups in total. The van der Waals surface area contributed by atoms with Gasteiger partial charge in [0.2, 0.25) is 0 Å². The maximum absolute atomic E-state index is 6.16. The van der Waals surface area contributed by atoms with E-state index in [1.54, 1.807) is 11.8 Å². The van der Waals surface area contributed by atoms with Gasteiger partial charge in [-0.25, -0.2) is 0 Å². The van der Waals surface area contributed by atoms with E-state index in [2.05, 4.69) is 5.10 Å². The minimum atomic E-state index is 0.610. The summed E-state index contributed by atoms with van der Waals surface area (Å²) in [4.78, 5) is 0. The van der Waals surface area contributed by atoms with Gasteiger partial charge in [-0.1, -0.05) is 11.6 Å². The molecule has 0 fully saturated rings. The summed E-state index contributed by atoms with van der Waals surface area (Å²) in [6.45, 7) is 3.91. The third kappa shape index (κ3) is 1.93. The zero-order chi connectivity index (χ0) is 13.4. The van der Waals surface area contributed by atoms with Crippen molar-refractivity contribution in [3.63, 3.8) is 0 Å². The number of nitrogens with zero attached hydrogens (tertiary/aromatic N) is 2. The van der Waals surface area contributed by atoms with Crippen LogP contribution in [-0.2, 0) is 7.05 Å². The molecule has 0 saturated heterocycles. The first kappa shape index (κ1) is 12.8. The van der Waals surface area contributed by atoms with Crippen LogP contribution in [-0.4, -0.2) is 16.9 Å². The Morgan fingerprint density at radius 1 is 1.33 bits per heavy atom. The molecule has 5 heteroatoms. The number of ether oxygens (including phenoxy) is 1. The van der Waals surface area contributed by atoms with Gasteiger partial charge in [0.15, 0.2) is 0 Å². The second kappa shape index (κ2) is 4.53. The highest BCUT2D eigenvalue weighted by atomic mass is 35.5. The Labute approximate surface area is 111 Å². The van der Waals surface area contributed by atoms with Crippen molar-refractivity contribution in [3.8, 4) is 17.0 Å². The maximum Gasteiger partial charge on any atom is 0.132 e. The van der Waals surface area contributed by atoms with E-state index in [0.717, 1.165) is 28.1 Å². The molecule has 2 aromatic rings. The Bertz CT molecular complexity index is 585. The molecule has 0 atom stereocenters. The highest BCUT2D eigenvalue weighted by molar-refractivity contribution is 6.31. The van der Waals surface area contributed by atoms with Crippen molar-refractivity contribution in [2.75, 3.05) is 12.8 Å². The fraction of sp³-hybridized carbons (Fsp3) is 0.308. The predicted molar refractivity (Wildman–Crippen MR) is 74.1 cm³/mol. The first-order chi connectivity index (χ1) is 8.45. The van der Waals surface area contributed by atoms with Gasteiger partial charge in [-0.15, -0.1) is 0 Å². The minimum absolute atomic E-state index is 0.610. The normalized spacial score (nSPS) is 10.7. The number of halogens is 1. The molecule has 0 saturated carbocycles. The number of hydrogen-bond acceptors (Lipinski definition) is 3. The number of aryl methyl sites for hydroxylation is 2. The standard InChI is InChI=1S/C13H16ClN3O/c1-7-5-9(14)8(2)13(18-4)12(7)10-6-11(15)17(3)16-10/h5-6H,15H2,1-4H3. The van der Waals surface area contributed by atoms with Crippen molar-refractivity contribution in [2.45, 2.75) is 13.8 Å². The Balaban J connectivity index is 2.74. The molecule has 0 amide bonds. The maximum atomic E-state index is 6.16. The van der Waals surface area contributed by atoms with Gasteiger partial charge in [-0.05, 0) is 25.5 Å². The molecule has 18 heavy (non-hydrogen) atoms. The van der Waals surface area contributed by atoms with Crippen LogP contribution < -0.4 is 10.5 Å². The van der Waals surface area contributed by atoms with Crippen LogP contribution in [0.4, 0.5) is 5.82 Å². The van der Waals surface area contributed by atoms with Crippen LogP contribution in [0.25, 0.3) is 11.3 Å². The van der Waals surface area contributed by atoms with E-state index >= 15 is 0 Å². The molecule has 0 radical (unpaired) electrons. The van der Waals surface area contributed by atoms with Crippen LogP contribution in [0.2, 0.25) is 5.02 Å². The van der Waals surface area contributed by atoms with E-state index in [4.69, 9.17) is 22.1 Å². The molecule has 0 spiro atoms. The molecule has 96 valence electrons. The molecule has 1 aromatic heterocycles. The lowest BCUT2D eigenvalue weighted by Crippen LogP contribution is -1.98. The molecule has 0 unspecified atom stereocenters. The lowest BCUT2D eigenvalue weighted by atomic mass is 10.0. The second-order valence-corrected chi connectivity index (χ2v) is 4.69. The molecule has 0 bridgehead atoms. The largest absolute Gasteiger partial charge is 0.496 e. The van der Waals surface area contributed by atoms with E-state index in [-0.39, 0.29) is 0 Å². The SMILES string of the molecule is COc1c(C)c(Cl)cc(C)c1-c1cc(N)n(C)n1. The number of anilines is 1. The molecule has 0 aliphatic rings. The Morgan fingerprint density at radius 3 is 2.50 bits per heavy atom. The van der Waals surface area contributed by atoms with Crippen LogP contribution in [0.15, 0.2) is 12.1 Å². The first-order valence-corrected chi connectivity index (χ1v) is 5.97. The van der Waals surface area contributed by atoms with E-state index < -0.39 is 0 Å². The molecule has 2 rings (SSSR count). The van der Waals surface area contributed by atoms with Crippen LogP contribution >= 0.6 is 11.6 Å². The molecule has 1 aromatic carbocycles. The first-order valence-electron chi connectivity index (χ1n) is 5.59. The summed E-state index contributed by atoms with van der Waals surface area (Å²) in [6, 6.07) is 3.75. The number of nitrogen functional groups attached to an aromatic ring is 1. The number of aromatic nitrogens is 2. The summed E-state index contributed by atoms with van der Waals surface area (Å²) in [6.07, 6.45) is 0. The summed E-state index contributed by atoms with van der Waals surface area (Å²) in [7, 11) is 3.44. The van der Waals surface area contributed by atoms with E-state index in [0.29, 0.717) is 10.8 Å². The molecule has 0 aliphatic carbocycles. The van der Waals surface area contributed by atoms with Gasteiger partial charge in [0.25, 0.3) is 0 Å². The Morgan fingerprint density at radius 2 is 2.00 bits per heavy atom. The molecular formula is C13H16ClN3O. The fourth-order valence-electron chi connectivity index (χ4n) is 2.02. The number of benzene rings is 1. The Kier molecular flexibility index (Phi) is 3.22. The number of methoxy groups -OCH3 is 1. The van der Waals surface area contributed by atoms with Crippen molar-refractivity contribution in [1.82, 2.24) is 9.78 Å². The van der Waals surface area contributed by atoms with Gasteiger partial charge in [0.1, 0.15) is 11.6 Å². The van der Waals surface area contributed by atoms with Crippen molar-refractivity contribution >= 4 is 17.4 Å². The summed E-state index contributed by atoms with van der Waals surface area (Å²) >= 11 is 6.16. The zero-order valence-electron chi connectivity index (χ0n) is 10.9. The van der Waals surface area contributed by atoms with Gasteiger partial charge < -0.3 is 10.5 Å². The smallest absolute Gasteiger partial charge is 0.132 e. The van der Waals surface area contributed by atoms with E-state index in [1.807, 2.05) is 33.0 Å². The van der Waals surface area contributed by atoms with Gasteiger partial charge >= 0.3 is 0 Å². The lowest BCUT2D eigenvalue weighted by molar-refractivity contribution is 0.413. The third-order valence-corrected chi connectivity index (χ3v) is 3.43. The van der Waals surface area contributed by atoms with Crippen LogP contribution in [0, 0.1) is 13.8 Å². The lowest BCUT2D eigenvalue weighted by Gasteiger charge is -2.14. The Hall–Kier alpha value is -1.68. The van der Waals surface area contributed by atoms with Crippen molar-refractivity contribution in [1.29, 1.82) is 0 Å². The number of rotatable bonds is 2. The zero-order valence-corrected chi connectivity index (χ0v) is 11.7. The van der Waals surface area contributed by atoms with Crippen LogP contribution in [0.1, 0.15) is 11.1 Å². The summed E-state index contributed by atoms with van der Waals surface area (Å²) in [5, 5.41) is 5.08. The minimum Gasteiger partial charge on any atom is -0.496 e. The molecule has 4 nitrogen and oxygen atoms in total. The van der Waals surface area contributed by atoms with Gasteiger partial charge in [-0.3, -0.25) is 4.68 Å². The summed E-state index contributed by atoms with van der Waals surface area (Å²) in [5.74, 6) is 1.36. The molecule has 0 aliphatic heterocycles. The fourth-order valence-corrected chi connectivity index (χ4v) is 2.27. The van der Waals surface area contributed by atoms with Gasteiger partial charge in [-0.2, -0.15) is 5.10 Å². The highest BCUT2D eigenvalue weighted by Gasteiger charge is 2.17. The van der Waals surface area contributed by atoms with Crippen LogP contribution in [0.5, 0.6) is 5.75 Å². The monoisotopic (exact) mass is 265 g/mol. The van der Waals surface area contributed by atoms with E-state index in [9.17, 15) is 0 Å². The molecular weight excluding hydrogens is 250 g/mol. The van der Waals surface area contributed by atoms with Crippen molar-refractivity contribution < 1.29 is 4.74 Å². The quantitative estimate of drug-likeness (QED) is 0.908. The topological polar surface area (TPSA) is 53.1 Å². The van der Waals surface area contributed by atoms with Crippen molar-refractivity contribution in [3.05, 3.63) is 28.3 Å². The molecule has 1 heterocycles. The second-order valence-electron chi connectivity index (χ2n) is 4.29. The van der Waals surface area contributed by atoms with Crippen LogP contribution in [0.3, 0.4) is 0 Å². The average molecular weight is 266 g/mol. The summed E-state index contributed by atoms with van der Waals surface area (Å²) in [5.41, 5.74) is 9.47. The third-order valence-electron chi connectivity index (χ3n) is 3.04. The number of nitrogens with two attached hydrogens (primary N) is 1.